The van der Waals surface area contributed by atoms with Gasteiger partial charge in [0.1, 0.15) is 0 Å². The second kappa shape index (κ2) is 3.37. The molecule has 0 fully saturated rings. The summed E-state index contributed by atoms with van der Waals surface area (Å²) in [5.74, 6) is 0.912. The summed E-state index contributed by atoms with van der Waals surface area (Å²) in [4.78, 5) is 11.9. The van der Waals surface area contributed by atoms with Crippen LogP contribution in [-0.4, -0.2) is 10.5 Å². The zero-order chi connectivity index (χ0) is 11.2. The standard InChI is InChI=1S/C13H17NO/c1-8(2)10-7-13(15)14-11(9(3)4)5-6-12(10)14/h5-9H,1-4H3. The van der Waals surface area contributed by atoms with Crippen molar-refractivity contribution in [3.05, 3.63) is 29.6 Å². The summed E-state index contributed by atoms with van der Waals surface area (Å²) >= 11 is 0. The van der Waals surface area contributed by atoms with Crippen LogP contribution in [0.3, 0.4) is 0 Å². The molecule has 2 heterocycles. The Morgan fingerprint density at radius 2 is 1.73 bits per heavy atom. The molecule has 80 valence electrons. The molecule has 0 saturated carbocycles. The fourth-order valence-electron chi connectivity index (χ4n) is 2.11. The number of allylic oxidation sites excluding steroid dienone is 2. The maximum Gasteiger partial charge on any atom is 0.255 e. The minimum atomic E-state index is 0.113. The summed E-state index contributed by atoms with van der Waals surface area (Å²) in [6.45, 7) is 8.47. The summed E-state index contributed by atoms with van der Waals surface area (Å²) in [6.07, 6.45) is 1.77. The van der Waals surface area contributed by atoms with Gasteiger partial charge in [-0.2, -0.15) is 0 Å². The molecule has 1 aliphatic heterocycles. The molecule has 0 radical (unpaired) electrons. The van der Waals surface area contributed by atoms with Gasteiger partial charge in [0.25, 0.3) is 5.91 Å². The van der Waals surface area contributed by atoms with E-state index in [0.29, 0.717) is 11.8 Å². The van der Waals surface area contributed by atoms with Crippen molar-refractivity contribution in [2.45, 2.75) is 33.6 Å². The van der Waals surface area contributed by atoms with Crippen LogP contribution in [0, 0.1) is 5.92 Å². The highest BCUT2D eigenvalue weighted by Crippen LogP contribution is 2.32. The van der Waals surface area contributed by atoms with E-state index in [0.717, 1.165) is 17.0 Å². The van der Waals surface area contributed by atoms with Crippen LogP contribution in [0.4, 0.5) is 0 Å². The minimum absolute atomic E-state index is 0.113. The predicted octanol–water partition coefficient (Wildman–Crippen LogP) is 3.30. The van der Waals surface area contributed by atoms with Crippen LogP contribution < -0.4 is 0 Å². The smallest absolute Gasteiger partial charge is 0.255 e. The Hall–Kier alpha value is -1.31. The highest BCUT2D eigenvalue weighted by molar-refractivity contribution is 6.04. The maximum absolute atomic E-state index is 11.9. The molecule has 0 saturated heterocycles. The topological polar surface area (TPSA) is 22.0 Å². The van der Waals surface area contributed by atoms with Crippen LogP contribution in [0.15, 0.2) is 18.2 Å². The van der Waals surface area contributed by atoms with E-state index in [-0.39, 0.29) is 5.91 Å². The first kappa shape index (κ1) is 10.2. The number of hydrogen-bond donors (Lipinski definition) is 0. The molecule has 0 aromatic carbocycles. The fraction of sp³-hybridized carbons (Fsp3) is 0.462. The first-order valence-electron chi connectivity index (χ1n) is 5.50. The molecule has 2 rings (SSSR count). The van der Waals surface area contributed by atoms with Gasteiger partial charge in [0.15, 0.2) is 0 Å². The third kappa shape index (κ3) is 1.44. The Morgan fingerprint density at radius 1 is 1.07 bits per heavy atom. The summed E-state index contributed by atoms with van der Waals surface area (Å²) in [5.41, 5.74) is 3.35. The number of aromatic nitrogens is 1. The van der Waals surface area contributed by atoms with E-state index in [2.05, 4.69) is 39.8 Å². The van der Waals surface area contributed by atoms with Crippen LogP contribution in [0.1, 0.15) is 49.8 Å². The normalized spacial score (nSPS) is 15.1. The lowest BCUT2D eigenvalue weighted by atomic mass is 10.0. The summed E-state index contributed by atoms with van der Waals surface area (Å²) in [7, 11) is 0. The molecule has 2 nitrogen and oxygen atoms in total. The molecule has 15 heavy (non-hydrogen) atoms. The Labute approximate surface area is 90.6 Å². The van der Waals surface area contributed by atoms with Crippen LogP contribution in [-0.2, 0) is 0 Å². The average Bonchev–Trinajstić information content (AvgIpc) is 2.66. The van der Waals surface area contributed by atoms with Gasteiger partial charge >= 0.3 is 0 Å². The molecule has 0 N–H and O–H groups in total. The van der Waals surface area contributed by atoms with Gasteiger partial charge in [-0.05, 0) is 29.5 Å². The van der Waals surface area contributed by atoms with Crippen molar-refractivity contribution in [2.75, 3.05) is 0 Å². The van der Waals surface area contributed by atoms with Gasteiger partial charge in [0, 0.05) is 11.8 Å². The van der Waals surface area contributed by atoms with E-state index in [4.69, 9.17) is 0 Å². The minimum Gasteiger partial charge on any atom is -0.281 e. The van der Waals surface area contributed by atoms with Crippen molar-refractivity contribution >= 4 is 11.5 Å². The molecule has 0 bridgehead atoms. The van der Waals surface area contributed by atoms with Gasteiger partial charge in [-0.3, -0.25) is 9.36 Å². The van der Waals surface area contributed by atoms with E-state index >= 15 is 0 Å². The number of fused-ring (bicyclic) bond motifs is 1. The lowest BCUT2D eigenvalue weighted by molar-refractivity contribution is 0.0970. The Bertz CT molecular complexity index is 435. The first-order valence-corrected chi connectivity index (χ1v) is 5.50. The third-order valence-corrected chi connectivity index (χ3v) is 2.92. The van der Waals surface area contributed by atoms with E-state index in [9.17, 15) is 4.79 Å². The highest BCUT2D eigenvalue weighted by atomic mass is 16.2. The number of nitrogens with zero attached hydrogens (tertiary/aromatic N) is 1. The van der Waals surface area contributed by atoms with E-state index in [1.165, 1.54) is 0 Å². The summed E-state index contributed by atoms with van der Waals surface area (Å²) in [5, 5.41) is 0. The number of hydrogen-bond acceptors (Lipinski definition) is 1. The SMILES string of the molecule is CC(C)C1=CC(=O)n2c1ccc2C(C)C. The molecule has 0 aliphatic carbocycles. The largest absolute Gasteiger partial charge is 0.281 e. The van der Waals surface area contributed by atoms with Gasteiger partial charge < -0.3 is 0 Å². The Kier molecular flexibility index (Phi) is 2.29. The molecule has 0 spiro atoms. The van der Waals surface area contributed by atoms with Gasteiger partial charge in [-0.25, -0.2) is 0 Å². The quantitative estimate of drug-likeness (QED) is 0.722. The molecule has 0 unspecified atom stereocenters. The molecular formula is C13H17NO. The monoisotopic (exact) mass is 203 g/mol. The molecule has 1 aliphatic rings. The summed E-state index contributed by atoms with van der Waals surface area (Å²) < 4.78 is 1.85. The fourth-order valence-corrected chi connectivity index (χ4v) is 2.11. The third-order valence-electron chi connectivity index (χ3n) is 2.92. The van der Waals surface area contributed by atoms with E-state index < -0.39 is 0 Å². The van der Waals surface area contributed by atoms with Crippen LogP contribution in [0.2, 0.25) is 0 Å². The number of carbonyl (C=O) groups is 1. The Balaban J connectivity index is 2.54. The first-order chi connectivity index (χ1) is 7.02. The predicted molar refractivity (Wildman–Crippen MR) is 62.0 cm³/mol. The van der Waals surface area contributed by atoms with E-state index in [1.807, 2.05) is 4.57 Å². The van der Waals surface area contributed by atoms with Gasteiger partial charge in [-0.15, -0.1) is 0 Å². The zero-order valence-electron chi connectivity index (χ0n) is 9.74. The van der Waals surface area contributed by atoms with Crippen LogP contribution in [0.25, 0.3) is 5.57 Å². The van der Waals surface area contributed by atoms with Gasteiger partial charge in [0.2, 0.25) is 0 Å². The molecule has 0 atom stereocenters. The molecule has 1 aromatic rings. The average molecular weight is 203 g/mol. The van der Waals surface area contributed by atoms with Crippen molar-refractivity contribution in [2.24, 2.45) is 5.92 Å². The van der Waals surface area contributed by atoms with Crippen molar-refractivity contribution in [1.82, 2.24) is 4.57 Å². The van der Waals surface area contributed by atoms with Crippen molar-refractivity contribution in [3.63, 3.8) is 0 Å². The summed E-state index contributed by atoms with van der Waals surface area (Å²) in [6, 6.07) is 4.12. The van der Waals surface area contributed by atoms with Crippen molar-refractivity contribution in [3.8, 4) is 0 Å². The van der Waals surface area contributed by atoms with Gasteiger partial charge in [0.05, 0.1) is 5.69 Å². The lowest BCUT2D eigenvalue weighted by Crippen LogP contribution is -2.09. The lowest BCUT2D eigenvalue weighted by Gasteiger charge is -2.09. The van der Waals surface area contributed by atoms with Crippen LogP contribution in [0.5, 0.6) is 0 Å². The van der Waals surface area contributed by atoms with E-state index in [1.54, 1.807) is 6.08 Å². The number of carbonyl (C=O) groups excluding carboxylic acids is 1. The highest BCUT2D eigenvalue weighted by Gasteiger charge is 2.25. The van der Waals surface area contributed by atoms with Gasteiger partial charge in [-0.1, -0.05) is 27.7 Å². The number of rotatable bonds is 2. The van der Waals surface area contributed by atoms with Crippen molar-refractivity contribution in [1.29, 1.82) is 0 Å². The molecule has 2 heteroatoms. The van der Waals surface area contributed by atoms with Crippen molar-refractivity contribution < 1.29 is 4.79 Å². The second-order valence-corrected chi connectivity index (χ2v) is 4.73. The zero-order valence-corrected chi connectivity index (χ0v) is 9.74. The second-order valence-electron chi connectivity index (χ2n) is 4.73. The molecular weight excluding hydrogens is 186 g/mol. The Morgan fingerprint density at radius 3 is 2.27 bits per heavy atom. The molecule has 0 amide bonds. The maximum atomic E-state index is 11.9. The van der Waals surface area contributed by atoms with Crippen LogP contribution >= 0.6 is 0 Å². The molecule has 1 aromatic heterocycles.